The smallest absolute Gasteiger partial charge is 0.361 e. The molecule has 3 atom stereocenters. The van der Waals surface area contributed by atoms with Crippen molar-refractivity contribution in [1.29, 1.82) is 0 Å². The van der Waals surface area contributed by atoms with Crippen molar-refractivity contribution in [3.8, 4) is 11.1 Å². The van der Waals surface area contributed by atoms with Crippen molar-refractivity contribution in [3.05, 3.63) is 60.2 Å². The molecule has 1 heterocycles. The number of carbonyl (C=O) groups is 3. The second-order valence-electron chi connectivity index (χ2n) is 8.96. The summed E-state index contributed by atoms with van der Waals surface area (Å²) in [5, 5.41) is 1.13. The number of methoxy groups -OCH3 is 2. The number of nitrogens with zero attached hydrogens (tertiary/aromatic N) is 1. The third kappa shape index (κ3) is 3.67. The van der Waals surface area contributed by atoms with Gasteiger partial charge in [0.05, 0.1) is 19.1 Å². The largest absolute Gasteiger partial charge is 0.465 e. The molecule has 2 aromatic rings. The molecular weight excluding hydrogens is 436 g/mol. The van der Waals surface area contributed by atoms with Crippen LogP contribution in [-0.2, 0) is 23.8 Å². The molecule has 2 aliphatic rings. The van der Waals surface area contributed by atoms with Crippen molar-refractivity contribution in [2.75, 3.05) is 14.2 Å². The first-order valence-electron chi connectivity index (χ1n) is 11.4. The second-order valence-corrected chi connectivity index (χ2v) is 8.96. The van der Waals surface area contributed by atoms with Crippen LogP contribution in [0.2, 0.25) is 0 Å². The number of hydrogen-bond donors (Lipinski definition) is 1. The van der Waals surface area contributed by atoms with Gasteiger partial charge in [-0.15, -0.1) is 0 Å². The van der Waals surface area contributed by atoms with E-state index in [4.69, 9.17) is 14.2 Å². The summed E-state index contributed by atoms with van der Waals surface area (Å²) in [5.74, 6) is -2.43. The van der Waals surface area contributed by atoms with E-state index in [9.17, 15) is 14.4 Å². The van der Waals surface area contributed by atoms with Crippen LogP contribution in [0.5, 0.6) is 0 Å². The van der Waals surface area contributed by atoms with Crippen LogP contribution >= 0.6 is 0 Å². The summed E-state index contributed by atoms with van der Waals surface area (Å²) >= 11 is 0. The Balaban J connectivity index is 1.73. The minimum absolute atomic E-state index is 0.338. The highest BCUT2D eigenvalue weighted by atomic mass is 16.6. The molecule has 0 unspecified atom stereocenters. The number of amides is 1. The van der Waals surface area contributed by atoms with Crippen LogP contribution in [0.15, 0.2) is 54.6 Å². The van der Waals surface area contributed by atoms with E-state index in [2.05, 4.69) is 5.43 Å². The van der Waals surface area contributed by atoms with E-state index >= 15 is 0 Å². The third-order valence-corrected chi connectivity index (χ3v) is 6.71. The van der Waals surface area contributed by atoms with Crippen LogP contribution in [0.4, 0.5) is 0 Å². The highest BCUT2D eigenvalue weighted by Gasteiger charge is 2.73. The predicted molar refractivity (Wildman–Crippen MR) is 124 cm³/mol. The molecule has 8 nitrogen and oxygen atoms in total. The van der Waals surface area contributed by atoms with E-state index in [1.165, 1.54) is 14.2 Å². The van der Waals surface area contributed by atoms with Crippen molar-refractivity contribution in [3.63, 3.8) is 0 Å². The quantitative estimate of drug-likeness (QED) is 0.653. The average Bonchev–Trinajstić information content (AvgIpc) is 3.40. The van der Waals surface area contributed by atoms with E-state index in [-0.39, 0.29) is 6.10 Å². The summed E-state index contributed by atoms with van der Waals surface area (Å²) in [5.41, 5.74) is 2.29. The van der Waals surface area contributed by atoms with Gasteiger partial charge in [0, 0.05) is 12.7 Å². The van der Waals surface area contributed by atoms with Gasteiger partial charge in [-0.1, -0.05) is 48.9 Å². The lowest BCUT2D eigenvalue weighted by Crippen LogP contribution is -2.60. The molecule has 1 aliphatic carbocycles. The lowest BCUT2D eigenvalue weighted by Gasteiger charge is -2.36. The Morgan fingerprint density at radius 3 is 2.21 bits per heavy atom. The first-order valence-corrected chi connectivity index (χ1v) is 11.4. The van der Waals surface area contributed by atoms with E-state index in [1.54, 1.807) is 26.0 Å². The van der Waals surface area contributed by atoms with Crippen molar-refractivity contribution in [2.45, 2.75) is 50.5 Å². The molecule has 0 spiro atoms. The SMILES string of the molecule is COC(=O)[C@]1(OC)[C@H]2CCC[C@@]2(C(=O)OC(C)C)NN1C(=O)c1ccc(-c2ccccc2)cc1. The standard InChI is InChI=1S/C26H30N2O6/c1-17(2)34-23(30)25-16-8-11-21(25)26(33-4,24(31)32-3)28(27-25)22(29)20-14-12-19(13-15-20)18-9-6-5-7-10-18/h5-7,9-10,12-15,17,21,27H,8,11,16H2,1-4H3/t21-,25+,26+/m0/s1. The fourth-order valence-corrected chi connectivity index (χ4v) is 5.18. The Labute approximate surface area is 199 Å². The number of hydrogen-bond acceptors (Lipinski definition) is 7. The Bertz CT molecular complexity index is 1070. The fraction of sp³-hybridized carbons (Fsp3) is 0.423. The number of nitrogens with one attached hydrogen (secondary N) is 1. The summed E-state index contributed by atoms with van der Waals surface area (Å²) in [6, 6.07) is 16.9. The van der Waals surface area contributed by atoms with Gasteiger partial charge in [-0.25, -0.2) is 20.0 Å². The monoisotopic (exact) mass is 466 g/mol. The molecule has 0 bridgehead atoms. The molecule has 8 heteroatoms. The number of esters is 2. The molecule has 1 amide bonds. The molecule has 1 N–H and O–H groups in total. The molecule has 4 rings (SSSR count). The van der Waals surface area contributed by atoms with Crippen molar-refractivity contribution in [2.24, 2.45) is 5.92 Å². The molecule has 1 saturated carbocycles. The minimum Gasteiger partial charge on any atom is -0.465 e. The Kier molecular flexibility index (Phi) is 6.47. The number of ether oxygens (including phenoxy) is 3. The first-order chi connectivity index (χ1) is 16.3. The van der Waals surface area contributed by atoms with Crippen LogP contribution in [-0.4, -0.2) is 54.4 Å². The maximum atomic E-state index is 13.7. The van der Waals surface area contributed by atoms with Gasteiger partial charge in [-0.05, 0) is 49.9 Å². The predicted octanol–water partition coefficient (Wildman–Crippen LogP) is 3.32. The summed E-state index contributed by atoms with van der Waals surface area (Å²) in [4.78, 5) is 40.1. The fourth-order valence-electron chi connectivity index (χ4n) is 5.18. The number of fused-ring (bicyclic) bond motifs is 1. The normalized spacial score (nSPS) is 25.8. The third-order valence-electron chi connectivity index (χ3n) is 6.71. The number of carbonyl (C=O) groups excluding carboxylic acids is 3. The number of benzene rings is 2. The van der Waals surface area contributed by atoms with Crippen LogP contribution in [0, 0.1) is 5.92 Å². The lowest BCUT2D eigenvalue weighted by atomic mass is 9.81. The molecule has 2 aromatic carbocycles. The van der Waals surface area contributed by atoms with Gasteiger partial charge in [0.2, 0.25) is 0 Å². The number of hydrazine groups is 1. The maximum absolute atomic E-state index is 13.7. The highest BCUT2D eigenvalue weighted by molar-refractivity contribution is 6.00. The molecule has 1 saturated heterocycles. The van der Waals surface area contributed by atoms with Gasteiger partial charge >= 0.3 is 11.9 Å². The van der Waals surface area contributed by atoms with Crippen molar-refractivity contribution < 1.29 is 28.6 Å². The van der Waals surface area contributed by atoms with Gasteiger partial charge in [0.15, 0.2) is 0 Å². The van der Waals surface area contributed by atoms with Gasteiger partial charge in [-0.3, -0.25) is 4.79 Å². The number of rotatable bonds is 6. The zero-order valence-corrected chi connectivity index (χ0v) is 19.9. The molecule has 0 radical (unpaired) electrons. The summed E-state index contributed by atoms with van der Waals surface area (Å²) in [6.45, 7) is 3.52. The zero-order chi connectivity index (χ0) is 24.5. The van der Waals surface area contributed by atoms with E-state index in [0.717, 1.165) is 16.1 Å². The molecule has 1 aliphatic heterocycles. The molecule has 34 heavy (non-hydrogen) atoms. The maximum Gasteiger partial charge on any atom is 0.361 e. The van der Waals surface area contributed by atoms with Crippen molar-refractivity contribution >= 4 is 17.8 Å². The lowest BCUT2D eigenvalue weighted by molar-refractivity contribution is -0.193. The second kappa shape index (κ2) is 9.19. The topological polar surface area (TPSA) is 94.2 Å². The summed E-state index contributed by atoms with van der Waals surface area (Å²) in [7, 11) is 2.58. The van der Waals surface area contributed by atoms with Gasteiger partial charge in [-0.2, -0.15) is 0 Å². The Morgan fingerprint density at radius 2 is 1.62 bits per heavy atom. The van der Waals surface area contributed by atoms with E-state index in [0.29, 0.717) is 24.8 Å². The molecule has 2 fully saturated rings. The van der Waals surface area contributed by atoms with Gasteiger partial charge < -0.3 is 14.2 Å². The zero-order valence-electron chi connectivity index (χ0n) is 19.9. The molecule has 0 aromatic heterocycles. The van der Waals surface area contributed by atoms with Crippen LogP contribution in [0.25, 0.3) is 11.1 Å². The molecule has 180 valence electrons. The highest BCUT2D eigenvalue weighted by Crippen LogP contribution is 2.51. The average molecular weight is 467 g/mol. The van der Waals surface area contributed by atoms with E-state index in [1.807, 2.05) is 42.5 Å². The van der Waals surface area contributed by atoms with Crippen LogP contribution in [0.1, 0.15) is 43.5 Å². The van der Waals surface area contributed by atoms with Crippen LogP contribution < -0.4 is 5.43 Å². The first kappa shape index (κ1) is 23.9. The Morgan fingerprint density at radius 1 is 0.971 bits per heavy atom. The van der Waals surface area contributed by atoms with Gasteiger partial charge in [0.25, 0.3) is 11.6 Å². The van der Waals surface area contributed by atoms with Gasteiger partial charge in [0.1, 0.15) is 5.54 Å². The minimum atomic E-state index is -1.81. The van der Waals surface area contributed by atoms with Crippen molar-refractivity contribution in [1.82, 2.24) is 10.4 Å². The molecular formula is C26H30N2O6. The summed E-state index contributed by atoms with van der Waals surface area (Å²) < 4.78 is 16.4. The summed E-state index contributed by atoms with van der Waals surface area (Å²) in [6.07, 6.45) is 1.21. The van der Waals surface area contributed by atoms with E-state index < -0.39 is 35.0 Å². The Hall–Kier alpha value is -3.23. The van der Waals surface area contributed by atoms with Crippen LogP contribution in [0.3, 0.4) is 0 Å².